The number of amides is 1. The molecule has 0 aromatic rings. The lowest BCUT2D eigenvalue weighted by atomic mass is 9.90. The Kier molecular flexibility index (Phi) is 7.88. The highest BCUT2D eigenvalue weighted by Gasteiger charge is 2.26. The van der Waals surface area contributed by atoms with Crippen LogP contribution < -0.4 is 5.32 Å². The van der Waals surface area contributed by atoms with Crippen molar-refractivity contribution in [2.24, 2.45) is 5.41 Å². The van der Waals surface area contributed by atoms with E-state index < -0.39 is 0 Å². The zero-order valence-electron chi connectivity index (χ0n) is 12.3. The smallest absolute Gasteiger partial charge is 0.222 e. The van der Waals surface area contributed by atoms with Crippen molar-refractivity contribution < 1.29 is 4.79 Å². The molecule has 1 amide bonds. The summed E-state index contributed by atoms with van der Waals surface area (Å²) in [7, 11) is 0. The molecule has 1 N–H and O–H groups in total. The Bertz CT molecular complexity index is 245. The van der Waals surface area contributed by atoms with Crippen LogP contribution in [0.1, 0.15) is 53.4 Å². The predicted octanol–water partition coefficient (Wildman–Crippen LogP) is 2.84. The topological polar surface area (TPSA) is 32.3 Å². The number of carbonyl (C=O) groups excluding carboxylic acids is 1. The Morgan fingerprint density at radius 1 is 1.39 bits per heavy atom. The minimum atomic E-state index is 0. The predicted molar refractivity (Wildman–Crippen MR) is 79.2 cm³/mol. The molecule has 4 heteroatoms. The van der Waals surface area contributed by atoms with Crippen molar-refractivity contribution in [3.63, 3.8) is 0 Å². The third-order valence-corrected chi connectivity index (χ3v) is 3.35. The number of carbonyl (C=O) groups is 1. The van der Waals surface area contributed by atoms with Gasteiger partial charge in [0.25, 0.3) is 0 Å². The minimum absolute atomic E-state index is 0. The van der Waals surface area contributed by atoms with Crippen molar-refractivity contribution >= 4 is 18.3 Å². The second-order valence-electron chi connectivity index (χ2n) is 6.29. The molecular formula is C14H29ClN2O. The van der Waals surface area contributed by atoms with Crippen LogP contribution >= 0.6 is 12.4 Å². The van der Waals surface area contributed by atoms with E-state index in [1.165, 1.54) is 0 Å². The van der Waals surface area contributed by atoms with E-state index in [1.54, 1.807) is 0 Å². The molecule has 1 heterocycles. The van der Waals surface area contributed by atoms with Gasteiger partial charge in [-0.3, -0.25) is 4.79 Å². The van der Waals surface area contributed by atoms with Crippen LogP contribution in [0, 0.1) is 5.41 Å². The summed E-state index contributed by atoms with van der Waals surface area (Å²) in [6.07, 6.45) is 3.84. The zero-order chi connectivity index (χ0) is 12.9. The van der Waals surface area contributed by atoms with Crippen LogP contribution in [0.2, 0.25) is 0 Å². The molecule has 0 spiro atoms. The first-order chi connectivity index (χ1) is 7.94. The molecule has 1 rings (SSSR count). The number of hydrogen-bond acceptors (Lipinski definition) is 2. The van der Waals surface area contributed by atoms with E-state index in [9.17, 15) is 4.79 Å². The largest absolute Gasteiger partial charge is 0.338 e. The molecule has 0 saturated carbocycles. The van der Waals surface area contributed by atoms with E-state index in [0.29, 0.717) is 18.4 Å². The van der Waals surface area contributed by atoms with Crippen molar-refractivity contribution in [1.29, 1.82) is 0 Å². The maximum absolute atomic E-state index is 12.3. The lowest BCUT2D eigenvalue weighted by Gasteiger charge is -2.29. The standard InChI is InChI=1S/C14H28N2O.ClH/c1-5-10-16(12-7-9-15-11-12)13(17)6-8-14(2,3)4;/h12,15H,5-11H2,1-4H3;1H. The molecular weight excluding hydrogens is 248 g/mol. The lowest BCUT2D eigenvalue weighted by molar-refractivity contribution is -0.133. The van der Waals surface area contributed by atoms with Crippen LogP contribution in [-0.2, 0) is 4.79 Å². The zero-order valence-corrected chi connectivity index (χ0v) is 13.1. The molecule has 1 saturated heterocycles. The first-order valence-electron chi connectivity index (χ1n) is 6.94. The molecule has 3 nitrogen and oxygen atoms in total. The molecule has 0 radical (unpaired) electrons. The summed E-state index contributed by atoms with van der Waals surface area (Å²) in [6, 6.07) is 0.433. The second kappa shape index (κ2) is 8.00. The molecule has 0 bridgehead atoms. The van der Waals surface area contributed by atoms with Crippen LogP contribution in [0.25, 0.3) is 0 Å². The Balaban J connectivity index is 0.00000289. The van der Waals surface area contributed by atoms with Crippen LogP contribution in [0.15, 0.2) is 0 Å². The fraction of sp³-hybridized carbons (Fsp3) is 0.929. The number of halogens is 1. The number of hydrogen-bond donors (Lipinski definition) is 1. The molecule has 0 aliphatic carbocycles. The van der Waals surface area contributed by atoms with Crippen molar-refractivity contribution in [3.05, 3.63) is 0 Å². The van der Waals surface area contributed by atoms with Crippen molar-refractivity contribution in [3.8, 4) is 0 Å². The van der Waals surface area contributed by atoms with E-state index in [1.807, 2.05) is 0 Å². The average Bonchev–Trinajstić information content (AvgIpc) is 2.74. The van der Waals surface area contributed by atoms with Crippen LogP contribution in [0.5, 0.6) is 0 Å². The SMILES string of the molecule is CCCN(C(=O)CCC(C)(C)C)C1CCNC1.Cl. The maximum Gasteiger partial charge on any atom is 0.222 e. The van der Waals surface area contributed by atoms with Crippen LogP contribution in [0.3, 0.4) is 0 Å². The molecule has 1 fully saturated rings. The van der Waals surface area contributed by atoms with E-state index in [2.05, 4.69) is 37.9 Å². The molecule has 0 aromatic heterocycles. The van der Waals surface area contributed by atoms with Gasteiger partial charge in [-0.2, -0.15) is 0 Å². The molecule has 1 aliphatic heterocycles. The maximum atomic E-state index is 12.3. The highest BCUT2D eigenvalue weighted by molar-refractivity contribution is 5.85. The quantitative estimate of drug-likeness (QED) is 0.837. The first kappa shape index (κ1) is 17.7. The molecule has 0 aromatic carbocycles. The number of nitrogens with zero attached hydrogens (tertiary/aromatic N) is 1. The van der Waals surface area contributed by atoms with Gasteiger partial charge >= 0.3 is 0 Å². The fourth-order valence-electron chi connectivity index (χ4n) is 2.28. The fourth-order valence-corrected chi connectivity index (χ4v) is 2.28. The van der Waals surface area contributed by atoms with Gasteiger partial charge in [0.1, 0.15) is 0 Å². The lowest BCUT2D eigenvalue weighted by Crippen LogP contribution is -2.42. The van der Waals surface area contributed by atoms with Gasteiger partial charge in [0.05, 0.1) is 0 Å². The summed E-state index contributed by atoms with van der Waals surface area (Å²) >= 11 is 0. The molecule has 18 heavy (non-hydrogen) atoms. The van der Waals surface area contributed by atoms with E-state index in [0.717, 1.165) is 38.9 Å². The summed E-state index contributed by atoms with van der Waals surface area (Å²) in [4.78, 5) is 14.4. The summed E-state index contributed by atoms with van der Waals surface area (Å²) in [5, 5.41) is 3.34. The normalized spacial score (nSPS) is 19.4. The summed E-state index contributed by atoms with van der Waals surface area (Å²) < 4.78 is 0. The molecule has 1 aliphatic rings. The van der Waals surface area contributed by atoms with Gasteiger partial charge < -0.3 is 10.2 Å². The summed E-state index contributed by atoms with van der Waals surface area (Å²) in [5.41, 5.74) is 0.251. The van der Waals surface area contributed by atoms with Gasteiger partial charge in [-0.15, -0.1) is 12.4 Å². The van der Waals surface area contributed by atoms with Gasteiger partial charge in [0.2, 0.25) is 5.91 Å². The van der Waals surface area contributed by atoms with Crippen molar-refractivity contribution in [1.82, 2.24) is 10.2 Å². The Morgan fingerprint density at radius 3 is 2.50 bits per heavy atom. The van der Waals surface area contributed by atoms with Crippen molar-refractivity contribution in [2.75, 3.05) is 19.6 Å². The minimum Gasteiger partial charge on any atom is -0.338 e. The first-order valence-corrected chi connectivity index (χ1v) is 6.94. The van der Waals surface area contributed by atoms with Crippen LogP contribution in [0.4, 0.5) is 0 Å². The Hall–Kier alpha value is -0.280. The summed E-state index contributed by atoms with van der Waals surface area (Å²) in [5.74, 6) is 0.343. The van der Waals surface area contributed by atoms with Crippen LogP contribution in [-0.4, -0.2) is 36.5 Å². The van der Waals surface area contributed by atoms with Gasteiger partial charge in [0.15, 0.2) is 0 Å². The monoisotopic (exact) mass is 276 g/mol. The average molecular weight is 277 g/mol. The third-order valence-electron chi connectivity index (χ3n) is 3.35. The molecule has 108 valence electrons. The Labute approximate surface area is 118 Å². The van der Waals surface area contributed by atoms with Crippen molar-refractivity contribution in [2.45, 2.75) is 59.4 Å². The van der Waals surface area contributed by atoms with Gasteiger partial charge in [0, 0.05) is 25.6 Å². The molecule has 1 atom stereocenters. The summed E-state index contributed by atoms with van der Waals surface area (Å²) in [6.45, 7) is 11.7. The van der Waals surface area contributed by atoms with Gasteiger partial charge in [-0.25, -0.2) is 0 Å². The van der Waals surface area contributed by atoms with Gasteiger partial charge in [-0.1, -0.05) is 27.7 Å². The Morgan fingerprint density at radius 2 is 2.06 bits per heavy atom. The highest BCUT2D eigenvalue weighted by atomic mass is 35.5. The molecule has 1 unspecified atom stereocenters. The van der Waals surface area contributed by atoms with Gasteiger partial charge in [-0.05, 0) is 31.2 Å². The highest BCUT2D eigenvalue weighted by Crippen LogP contribution is 2.22. The second-order valence-corrected chi connectivity index (χ2v) is 6.29. The number of nitrogens with one attached hydrogen (secondary N) is 1. The van der Waals surface area contributed by atoms with E-state index in [4.69, 9.17) is 0 Å². The van der Waals surface area contributed by atoms with E-state index >= 15 is 0 Å². The number of rotatable bonds is 5. The third kappa shape index (κ3) is 6.05. The van der Waals surface area contributed by atoms with E-state index in [-0.39, 0.29) is 17.8 Å².